The summed E-state index contributed by atoms with van der Waals surface area (Å²) in [6.07, 6.45) is 0.644. The van der Waals surface area contributed by atoms with Crippen molar-refractivity contribution in [3.8, 4) is 0 Å². The first-order valence-electron chi connectivity index (χ1n) is 7.08. The van der Waals surface area contributed by atoms with Crippen molar-refractivity contribution in [1.82, 2.24) is 14.8 Å². The molecule has 0 aliphatic carbocycles. The topological polar surface area (TPSA) is 39.7 Å². The number of hydrogen-bond acceptors (Lipinski definition) is 5. The van der Waals surface area contributed by atoms with Gasteiger partial charge in [0.2, 0.25) is 0 Å². The molecule has 0 saturated carbocycles. The summed E-state index contributed by atoms with van der Waals surface area (Å²) in [5.41, 5.74) is 1.38. The van der Waals surface area contributed by atoms with Gasteiger partial charge in [0.25, 0.3) is 0 Å². The quantitative estimate of drug-likeness (QED) is 0.776. The van der Waals surface area contributed by atoms with Gasteiger partial charge in [0, 0.05) is 51.5 Å². The lowest BCUT2D eigenvalue weighted by molar-refractivity contribution is 0.111. The van der Waals surface area contributed by atoms with E-state index in [0.717, 1.165) is 38.4 Å². The van der Waals surface area contributed by atoms with E-state index in [0.29, 0.717) is 12.3 Å². The normalized spacial score (nSPS) is 20.6. The maximum atomic E-state index is 13.8. The SMILES string of the molecule is C=C1CN(C2CN(c3nc(C=O)ccc3F)C2)CCN1C. The Balaban J connectivity index is 1.63. The third-order valence-electron chi connectivity index (χ3n) is 4.30. The second kappa shape index (κ2) is 5.44. The number of aldehydes is 1. The molecule has 0 N–H and O–H groups in total. The van der Waals surface area contributed by atoms with E-state index in [2.05, 4.69) is 28.4 Å². The summed E-state index contributed by atoms with van der Waals surface area (Å²) in [6.45, 7) is 8.37. The number of anilines is 1. The molecule has 2 saturated heterocycles. The van der Waals surface area contributed by atoms with E-state index in [9.17, 15) is 9.18 Å². The predicted molar refractivity (Wildman–Crippen MR) is 78.9 cm³/mol. The third kappa shape index (κ3) is 2.63. The Bertz CT molecular complexity index is 571. The highest BCUT2D eigenvalue weighted by atomic mass is 19.1. The van der Waals surface area contributed by atoms with Crippen molar-refractivity contribution in [3.05, 3.63) is 35.9 Å². The zero-order chi connectivity index (χ0) is 15.0. The number of carbonyl (C=O) groups excluding carboxylic acids is 1. The molecule has 3 rings (SSSR count). The monoisotopic (exact) mass is 290 g/mol. The molecule has 6 heteroatoms. The van der Waals surface area contributed by atoms with Crippen molar-refractivity contribution in [2.75, 3.05) is 44.7 Å². The molecule has 0 unspecified atom stereocenters. The van der Waals surface area contributed by atoms with Crippen molar-refractivity contribution in [2.45, 2.75) is 6.04 Å². The number of piperazine rings is 1. The van der Waals surface area contributed by atoms with Gasteiger partial charge in [0.05, 0.1) is 0 Å². The average Bonchev–Trinajstić information content (AvgIpc) is 2.43. The van der Waals surface area contributed by atoms with Gasteiger partial charge in [0.1, 0.15) is 5.69 Å². The zero-order valence-corrected chi connectivity index (χ0v) is 12.1. The molecule has 0 atom stereocenters. The lowest BCUT2D eigenvalue weighted by Crippen LogP contribution is -2.62. The van der Waals surface area contributed by atoms with Gasteiger partial charge in [-0.3, -0.25) is 9.69 Å². The van der Waals surface area contributed by atoms with Gasteiger partial charge < -0.3 is 9.80 Å². The van der Waals surface area contributed by atoms with E-state index < -0.39 is 0 Å². The Hall–Kier alpha value is -1.95. The molecular weight excluding hydrogens is 271 g/mol. The fourth-order valence-corrected chi connectivity index (χ4v) is 2.78. The maximum absolute atomic E-state index is 13.8. The van der Waals surface area contributed by atoms with Gasteiger partial charge in [0.15, 0.2) is 17.9 Å². The minimum Gasteiger partial charge on any atom is -0.376 e. The van der Waals surface area contributed by atoms with Gasteiger partial charge in [-0.2, -0.15) is 0 Å². The summed E-state index contributed by atoms with van der Waals surface area (Å²) in [4.78, 5) is 21.2. The number of halogens is 1. The Labute approximate surface area is 123 Å². The molecule has 3 heterocycles. The van der Waals surface area contributed by atoms with Crippen LogP contribution in [-0.4, -0.2) is 66.9 Å². The van der Waals surface area contributed by atoms with Gasteiger partial charge in [-0.15, -0.1) is 0 Å². The maximum Gasteiger partial charge on any atom is 0.168 e. The van der Waals surface area contributed by atoms with Crippen molar-refractivity contribution in [1.29, 1.82) is 0 Å². The minimum atomic E-state index is -0.373. The Morgan fingerprint density at radius 2 is 2.14 bits per heavy atom. The lowest BCUT2D eigenvalue weighted by atomic mass is 10.1. The van der Waals surface area contributed by atoms with Gasteiger partial charge >= 0.3 is 0 Å². The molecule has 5 nitrogen and oxygen atoms in total. The van der Waals surface area contributed by atoms with Crippen LogP contribution >= 0.6 is 0 Å². The molecule has 0 aromatic carbocycles. The van der Waals surface area contributed by atoms with Crippen molar-refractivity contribution < 1.29 is 9.18 Å². The van der Waals surface area contributed by atoms with Crippen molar-refractivity contribution in [3.63, 3.8) is 0 Å². The molecule has 0 spiro atoms. The Kier molecular flexibility index (Phi) is 3.63. The molecule has 0 amide bonds. The largest absolute Gasteiger partial charge is 0.376 e. The van der Waals surface area contributed by atoms with Crippen LogP contribution in [0, 0.1) is 5.82 Å². The lowest BCUT2D eigenvalue weighted by Gasteiger charge is -2.48. The third-order valence-corrected chi connectivity index (χ3v) is 4.30. The summed E-state index contributed by atoms with van der Waals surface area (Å²) >= 11 is 0. The van der Waals surface area contributed by atoms with Gasteiger partial charge in [-0.05, 0) is 12.1 Å². The molecule has 0 radical (unpaired) electrons. The summed E-state index contributed by atoms with van der Waals surface area (Å²) < 4.78 is 13.8. The first-order valence-corrected chi connectivity index (χ1v) is 7.08. The first-order chi connectivity index (χ1) is 10.1. The number of pyridine rings is 1. The molecule has 1 aromatic heterocycles. The molecular formula is C15H19FN4O. The van der Waals surface area contributed by atoms with Crippen LogP contribution in [0.4, 0.5) is 10.2 Å². The molecule has 112 valence electrons. The highest BCUT2D eigenvalue weighted by molar-refractivity contribution is 5.72. The fraction of sp³-hybridized carbons (Fsp3) is 0.467. The molecule has 1 aromatic rings. The predicted octanol–water partition coefficient (Wildman–Crippen LogP) is 0.983. The van der Waals surface area contributed by atoms with Crippen LogP contribution < -0.4 is 4.90 Å². The molecule has 2 aliphatic rings. The second-order valence-corrected chi connectivity index (χ2v) is 5.68. The number of rotatable bonds is 3. The Morgan fingerprint density at radius 1 is 1.38 bits per heavy atom. The number of nitrogens with zero attached hydrogens (tertiary/aromatic N) is 4. The molecule has 2 fully saturated rings. The van der Waals surface area contributed by atoms with Crippen LogP contribution in [-0.2, 0) is 0 Å². The highest BCUT2D eigenvalue weighted by Gasteiger charge is 2.35. The standard InChI is InChI=1S/C15H19FN4O/c1-11-7-19(6-5-18(11)2)13-8-20(9-13)15-14(16)4-3-12(10-21)17-15/h3-4,10,13H,1,5-9H2,2H3. The van der Waals surface area contributed by atoms with E-state index in [-0.39, 0.29) is 17.3 Å². The van der Waals surface area contributed by atoms with E-state index in [4.69, 9.17) is 0 Å². The van der Waals surface area contributed by atoms with E-state index in [1.807, 2.05) is 4.90 Å². The smallest absolute Gasteiger partial charge is 0.168 e. The zero-order valence-electron chi connectivity index (χ0n) is 12.1. The van der Waals surface area contributed by atoms with Crippen molar-refractivity contribution >= 4 is 12.1 Å². The van der Waals surface area contributed by atoms with E-state index in [1.54, 1.807) is 0 Å². The van der Waals surface area contributed by atoms with Crippen molar-refractivity contribution in [2.24, 2.45) is 0 Å². The Morgan fingerprint density at radius 3 is 2.81 bits per heavy atom. The fourth-order valence-electron chi connectivity index (χ4n) is 2.78. The molecule has 0 bridgehead atoms. The van der Waals surface area contributed by atoms with Crippen LogP contribution in [0.25, 0.3) is 0 Å². The number of carbonyl (C=O) groups is 1. The molecule has 21 heavy (non-hydrogen) atoms. The number of hydrogen-bond donors (Lipinski definition) is 0. The van der Waals surface area contributed by atoms with Crippen LogP contribution in [0.3, 0.4) is 0 Å². The minimum absolute atomic E-state index is 0.267. The van der Waals surface area contributed by atoms with Gasteiger partial charge in [-0.1, -0.05) is 6.58 Å². The summed E-state index contributed by atoms with van der Waals surface area (Å²) in [5, 5.41) is 0. The highest BCUT2D eigenvalue weighted by Crippen LogP contribution is 2.26. The van der Waals surface area contributed by atoms with Crippen LogP contribution in [0.15, 0.2) is 24.4 Å². The summed E-state index contributed by atoms with van der Waals surface area (Å²) in [7, 11) is 2.05. The second-order valence-electron chi connectivity index (χ2n) is 5.68. The average molecular weight is 290 g/mol. The van der Waals surface area contributed by atoms with Gasteiger partial charge in [-0.25, -0.2) is 9.37 Å². The van der Waals surface area contributed by atoms with Crippen LogP contribution in [0.1, 0.15) is 10.5 Å². The number of likely N-dealkylation sites (N-methyl/N-ethyl adjacent to an activating group) is 1. The first kappa shape index (κ1) is 14.0. The van der Waals surface area contributed by atoms with E-state index >= 15 is 0 Å². The number of aromatic nitrogens is 1. The molecule has 2 aliphatic heterocycles. The van der Waals surface area contributed by atoms with Crippen LogP contribution in [0.5, 0.6) is 0 Å². The summed E-state index contributed by atoms with van der Waals surface area (Å²) in [5.74, 6) is -0.0920. The summed E-state index contributed by atoms with van der Waals surface area (Å²) in [6, 6.07) is 3.10. The van der Waals surface area contributed by atoms with Crippen LogP contribution in [0.2, 0.25) is 0 Å². The van der Waals surface area contributed by atoms with E-state index in [1.165, 1.54) is 12.1 Å².